The molecule has 6 aromatic rings. The Kier molecular flexibility index (Phi) is 31.6. The van der Waals surface area contributed by atoms with Gasteiger partial charge in [0.15, 0.2) is 26.5 Å². The van der Waals surface area contributed by atoms with Gasteiger partial charge in [-0.3, -0.25) is 33.6 Å². The Balaban J connectivity index is 0.000000147. The highest BCUT2D eigenvalue weighted by Gasteiger charge is 2.67. The van der Waals surface area contributed by atoms with Crippen LogP contribution in [-0.4, -0.2) is 120 Å². The van der Waals surface area contributed by atoms with Crippen LogP contribution in [0.4, 0.5) is 13.2 Å². The highest BCUT2D eigenvalue weighted by Crippen LogP contribution is 2.68. The van der Waals surface area contributed by atoms with Crippen molar-refractivity contribution in [3.8, 4) is 27.9 Å². The van der Waals surface area contributed by atoms with Gasteiger partial charge in [0, 0.05) is 27.7 Å². The molecule has 10 bridgehead atoms. The highest BCUT2D eigenvalue weighted by atomic mass is 32.2. The molecule has 4 heterocycles. The van der Waals surface area contributed by atoms with Crippen LogP contribution in [0.1, 0.15) is 265 Å². The minimum atomic E-state index is -5.27. The Morgan fingerprint density at radius 1 is 0.543 bits per heavy atom. The van der Waals surface area contributed by atoms with Crippen molar-refractivity contribution in [2.75, 3.05) is 12.4 Å². The molecular weight excluding hydrogens is 1670 g/mol. The number of hydrogen-bond acceptors (Lipinski definition) is 20. The number of fused-ring (bicyclic) bond motifs is 13. The number of phenolic OH excluding ortho intramolecular Hbond substituents is 1. The molecule has 25 heteroatoms. The first-order valence-electron chi connectivity index (χ1n) is 46.4. The highest BCUT2D eigenvalue weighted by molar-refractivity contribution is 7.85. The van der Waals surface area contributed by atoms with E-state index in [0.29, 0.717) is 63.1 Å². The van der Waals surface area contributed by atoms with Crippen molar-refractivity contribution >= 4 is 82.5 Å². The minimum absolute atomic E-state index is 0.00100. The molecule has 1 N–H and O–H groups in total. The molecule has 3 saturated heterocycles. The lowest BCUT2D eigenvalue weighted by molar-refractivity contribution is -0.239. The van der Waals surface area contributed by atoms with Gasteiger partial charge in [-0.25, -0.2) is 8.42 Å². The van der Waals surface area contributed by atoms with Crippen LogP contribution in [0, 0.1) is 85.8 Å². The summed E-state index contributed by atoms with van der Waals surface area (Å²) in [7, 11) is -5.21. The molecule has 12 fully saturated rings. The number of carbonyl (C=O) groups is 7. The molecule has 698 valence electrons. The summed E-state index contributed by atoms with van der Waals surface area (Å²) in [4.78, 5) is 85.5. The van der Waals surface area contributed by atoms with E-state index in [4.69, 9.17) is 43.0 Å². The molecule has 0 radical (unpaired) electrons. The fourth-order valence-corrected chi connectivity index (χ4v) is 23.7. The van der Waals surface area contributed by atoms with E-state index in [9.17, 15) is 59.7 Å². The number of rotatable bonds is 22. The van der Waals surface area contributed by atoms with Crippen LogP contribution >= 0.6 is 10.5 Å². The van der Waals surface area contributed by atoms with Gasteiger partial charge in [0.1, 0.15) is 40.3 Å². The van der Waals surface area contributed by atoms with Gasteiger partial charge < -0.3 is 52.3 Å². The number of aromatic hydroxyl groups is 1. The molecule has 12 unspecified atom stereocenters. The second-order valence-corrected chi connectivity index (χ2v) is 44.3. The molecule has 18 rings (SSSR count). The van der Waals surface area contributed by atoms with Gasteiger partial charge in [0.05, 0.1) is 67.0 Å². The average Bonchev–Trinajstić information content (AvgIpc) is 1.53. The fourth-order valence-electron chi connectivity index (χ4n) is 20.7. The Bertz CT molecular complexity index is 4800. The summed E-state index contributed by atoms with van der Waals surface area (Å²) in [5.74, 6) is 4.75. The summed E-state index contributed by atoms with van der Waals surface area (Å²) in [5.41, 5.74) is -4.76. The molecule has 1 aromatic heterocycles. The third-order valence-electron chi connectivity index (χ3n) is 29.7. The number of thiophene rings is 1. The number of esters is 7. The van der Waals surface area contributed by atoms with Crippen LogP contribution in [0.5, 0.6) is 23.0 Å². The van der Waals surface area contributed by atoms with Crippen molar-refractivity contribution in [1.29, 1.82) is 0 Å². The van der Waals surface area contributed by atoms with E-state index in [1.165, 1.54) is 92.0 Å². The van der Waals surface area contributed by atoms with E-state index < -0.39 is 85.0 Å². The smallest absolute Gasteiger partial charge is 0.426 e. The summed E-state index contributed by atoms with van der Waals surface area (Å²) in [5, 5.41) is 11.8. The van der Waals surface area contributed by atoms with E-state index in [2.05, 4.69) is 90.5 Å². The first-order valence-corrected chi connectivity index (χ1v) is 49.2. The lowest BCUT2D eigenvalue weighted by atomic mass is 9.48. The SMILES string of the molecule is C1CC2CC1C1C3CCC(C3)C21.CCC(C)(C)C(=O)OC12CC3CC(C1)CC(C(=O)OC(CS(=O)(=O)[O-])C(F)(F)F)(C3)C2.CCC(C)(C)C(=O)OC1C2CC3C(=O)OC1C3O2.CCC(C)(C)C(=O)Oc1ccc(O)cc1.CCC(C)(C)C(=O)Oc1ccc(OC2(C)CCCCC2)cc1.CCOC(=O)C(C)(C)CC.c1ccc(-[s+]2c3ccccc3c3ccccc32)cc1. The number of alkyl halides is 3. The second-order valence-electron chi connectivity index (χ2n) is 40.9. The first-order chi connectivity index (χ1) is 59.7. The number of benzene rings is 5. The van der Waals surface area contributed by atoms with E-state index in [-0.39, 0.29) is 93.5 Å². The molecule has 0 amide bonds. The van der Waals surface area contributed by atoms with Crippen LogP contribution in [0.15, 0.2) is 127 Å². The van der Waals surface area contributed by atoms with Gasteiger partial charge in [-0.1, -0.05) is 83.5 Å². The van der Waals surface area contributed by atoms with Crippen molar-refractivity contribution < 1.29 is 107 Å². The molecule has 12 aliphatic rings. The topological polar surface area (TPSA) is 280 Å². The Labute approximate surface area is 752 Å². The molecular formula is C102H137F3O20S2. The number of carbonyl (C=O) groups excluding carboxylic acids is 7. The lowest BCUT2D eigenvalue weighted by Crippen LogP contribution is -2.61. The molecule has 9 saturated carbocycles. The maximum Gasteiger partial charge on any atom is 0.426 e. The summed E-state index contributed by atoms with van der Waals surface area (Å²) in [6.07, 6.45) is 13.0. The zero-order valence-electron chi connectivity index (χ0n) is 77.5. The standard InChI is InChI=1S/C20H29F3O7S.C19H28O3.C18H13S.C13H18O5.C12H16O3.C12H18.C8H16O2/c1-4-17(2,3)15(24)30-19-8-12-5-13(9-19)7-18(6-12,11-19)16(25)29-14(20(21,22)23)10-31(26,27)28;1-5-18(2,3)17(20)21-15-9-11-16(12-10-15)22-19(4)13-7-6-8-14-19;1-2-8-14(9-3-1)19-17-12-6-4-10-15(17)16-11-5-7-13-18(16)19;1-4-13(2,3)12(15)18-9-7-5-6-8(16-7)10(9)17-11(6)14;1-4-12(2,3)11(14)15-10-7-5-9(13)6-8-10;1-2-8-5-7(1)11-9-3-4-10(6-9)12(8)11;1-5-8(3,4)7(9)10-6-2/h12-14H,4-11H2,1-3H3,(H,26,27,28);9-12H,5-8,13-14H2,1-4H3;1-13H;6-10H,4-5H2,1-3H3;5-8,13H,4H2,1-3H3;7-12H,1-6H2;5-6H2,1-4H3/q;;+1;;;;/p-1. The predicted octanol–water partition coefficient (Wildman–Crippen LogP) is 23.0. The Morgan fingerprint density at radius 3 is 1.45 bits per heavy atom. The van der Waals surface area contributed by atoms with Crippen molar-refractivity contribution in [3.63, 3.8) is 0 Å². The monoisotopic (exact) mass is 1800 g/mol. The largest absolute Gasteiger partial charge is 0.748 e. The molecule has 3 aliphatic heterocycles. The van der Waals surface area contributed by atoms with Crippen molar-refractivity contribution in [2.24, 2.45) is 85.8 Å². The van der Waals surface area contributed by atoms with Crippen LogP contribution in [0.2, 0.25) is 0 Å². The minimum Gasteiger partial charge on any atom is -0.748 e. The summed E-state index contributed by atoms with van der Waals surface area (Å²) in [6, 6.07) is 41.9. The van der Waals surface area contributed by atoms with Gasteiger partial charge in [0.25, 0.3) is 0 Å². The van der Waals surface area contributed by atoms with Gasteiger partial charge >= 0.3 is 48.0 Å². The average molecular weight is 1800 g/mol. The van der Waals surface area contributed by atoms with Crippen molar-refractivity contribution in [1.82, 2.24) is 0 Å². The lowest BCUT2D eigenvalue weighted by Gasteiger charge is -2.60. The van der Waals surface area contributed by atoms with Crippen LogP contribution in [-0.2, 0) is 72.1 Å². The van der Waals surface area contributed by atoms with Crippen LogP contribution < -0.4 is 14.2 Å². The number of ether oxygens (including phenoxy) is 9. The maximum atomic E-state index is 13.3. The van der Waals surface area contributed by atoms with E-state index in [0.717, 1.165) is 44.3 Å². The van der Waals surface area contributed by atoms with Gasteiger partial charge in [-0.15, -0.1) is 0 Å². The molecule has 9 aliphatic carbocycles. The third kappa shape index (κ3) is 23.6. The summed E-state index contributed by atoms with van der Waals surface area (Å²) in [6.45, 7) is 32.7. The third-order valence-corrected chi connectivity index (χ3v) is 32.7. The first kappa shape index (κ1) is 99.4. The van der Waals surface area contributed by atoms with Gasteiger partial charge in [0.2, 0.25) is 6.10 Å². The molecule has 127 heavy (non-hydrogen) atoms. The van der Waals surface area contributed by atoms with E-state index in [1.807, 2.05) is 121 Å². The van der Waals surface area contributed by atoms with Crippen LogP contribution in [0.3, 0.4) is 0 Å². The zero-order chi connectivity index (χ0) is 92.8. The zero-order valence-corrected chi connectivity index (χ0v) is 79.2. The van der Waals surface area contributed by atoms with Crippen molar-refractivity contribution in [3.05, 3.63) is 127 Å². The second kappa shape index (κ2) is 40.3. The van der Waals surface area contributed by atoms with E-state index >= 15 is 0 Å². The van der Waals surface area contributed by atoms with Crippen LogP contribution in [0.25, 0.3) is 25.1 Å². The maximum absolute atomic E-state index is 13.3. The number of halogens is 3. The quantitative estimate of drug-likeness (QED) is 0.0165. The molecule has 12 atom stereocenters. The molecule has 0 spiro atoms. The predicted molar refractivity (Wildman–Crippen MR) is 482 cm³/mol. The summed E-state index contributed by atoms with van der Waals surface area (Å²) < 4.78 is 124. The van der Waals surface area contributed by atoms with Gasteiger partial charge in [-0.05, 0) is 350 Å². The normalized spacial score (nSPS) is 27.3. The molecule has 5 aromatic carbocycles. The fraction of sp³-hybridized carbons (Fsp3) is 0.637. The van der Waals surface area contributed by atoms with Gasteiger partial charge in [-0.2, -0.15) is 13.2 Å². The number of phenols is 1. The number of hydrogen-bond donors (Lipinski definition) is 1. The molecule has 20 nitrogen and oxygen atoms in total. The Hall–Kier alpha value is -8.13. The van der Waals surface area contributed by atoms with Crippen molar-refractivity contribution in [2.45, 2.75) is 313 Å². The summed E-state index contributed by atoms with van der Waals surface area (Å²) >= 11 is 0. The van der Waals surface area contributed by atoms with E-state index in [1.54, 1.807) is 64.5 Å². The Morgan fingerprint density at radius 2 is 0.984 bits per heavy atom.